The van der Waals surface area contributed by atoms with Crippen molar-refractivity contribution >= 4 is 68.1 Å². The molecule has 11 nitrogen and oxygen atoms in total. The number of hydrogen-bond donors (Lipinski definition) is 2. The van der Waals surface area contributed by atoms with Gasteiger partial charge in [-0.05, 0) is 90.8 Å². The van der Waals surface area contributed by atoms with Crippen molar-refractivity contribution in [2.24, 2.45) is 7.05 Å². The van der Waals surface area contributed by atoms with Crippen LogP contribution in [0.1, 0.15) is 16.1 Å². The monoisotopic (exact) mass is 820 g/mol. The number of piperazine rings is 1. The van der Waals surface area contributed by atoms with Crippen molar-refractivity contribution in [2.75, 3.05) is 58.3 Å². The third-order valence-corrected chi connectivity index (χ3v) is 12.8. The van der Waals surface area contributed by atoms with E-state index in [1.54, 1.807) is 23.9 Å². The number of halogens is 1. The fourth-order valence-electron chi connectivity index (χ4n) is 7.09. The maximum absolute atomic E-state index is 13.3. The Kier molecular flexibility index (Phi) is 11.9. The molecule has 0 aliphatic carbocycles. The van der Waals surface area contributed by atoms with E-state index in [0.29, 0.717) is 28.6 Å². The Morgan fingerprint density at radius 2 is 1.51 bits per heavy atom. The van der Waals surface area contributed by atoms with E-state index in [-0.39, 0.29) is 16.3 Å². The van der Waals surface area contributed by atoms with Gasteiger partial charge in [0.15, 0.2) is 6.29 Å². The lowest BCUT2D eigenvalue weighted by molar-refractivity contribution is -0.384. The first-order valence-corrected chi connectivity index (χ1v) is 21.2. The van der Waals surface area contributed by atoms with E-state index >= 15 is 0 Å². The lowest BCUT2D eigenvalue weighted by Gasteiger charge is -2.37. The van der Waals surface area contributed by atoms with Gasteiger partial charge in [-0.2, -0.15) is 0 Å². The van der Waals surface area contributed by atoms with E-state index in [9.17, 15) is 23.3 Å². The maximum atomic E-state index is 13.3. The lowest BCUT2D eigenvalue weighted by atomic mass is 9.97. The standard InChI is InChI=1S/C43H41ClN6O5S2/c1-30-39(29-51)42(43(47(30)2)31-11-13-33(44)14-12-31)32-7-6-8-36(27-32)49-24-22-48(23-25-49)35-17-15-34(16-18-35)46-57(54,55)38-19-20-40(41(28-38)50(52)53)45-21-26-56-37-9-4-3-5-10-37/h3-20,27-29,45-46H,21-26H2,1-2H3. The molecule has 2 heterocycles. The van der Waals surface area contributed by atoms with Crippen LogP contribution in [-0.4, -0.2) is 62.7 Å². The summed E-state index contributed by atoms with van der Waals surface area (Å²) in [4.78, 5) is 29.2. The highest BCUT2D eigenvalue weighted by atomic mass is 35.5. The molecule has 1 fully saturated rings. The minimum atomic E-state index is -4.11. The smallest absolute Gasteiger partial charge is 0.293 e. The number of nitro groups is 1. The largest absolute Gasteiger partial charge is 0.379 e. The molecule has 0 radical (unpaired) electrons. The minimum absolute atomic E-state index is 0.200. The van der Waals surface area contributed by atoms with Gasteiger partial charge in [0, 0.05) is 95.4 Å². The number of hydrogen-bond acceptors (Lipinski definition) is 9. The van der Waals surface area contributed by atoms with Crippen molar-refractivity contribution in [3.63, 3.8) is 0 Å². The summed E-state index contributed by atoms with van der Waals surface area (Å²) in [6, 6.07) is 36.8. The first-order valence-electron chi connectivity index (χ1n) is 18.4. The summed E-state index contributed by atoms with van der Waals surface area (Å²) < 4.78 is 31.3. The van der Waals surface area contributed by atoms with Gasteiger partial charge in [0.2, 0.25) is 0 Å². The summed E-state index contributed by atoms with van der Waals surface area (Å²) in [5.74, 6) is 0.675. The van der Waals surface area contributed by atoms with E-state index in [1.165, 1.54) is 12.1 Å². The molecule has 1 aliphatic rings. The second-order valence-electron chi connectivity index (χ2n) is 13.6. The van der Waals surface area contributed by atoms with Crippen molar-refractivity contribution < 1.29 is 18.1 Å². The number of nitrogens with one attached hydrogen (secondary N) is 2. The van der Waals surface area contributed by atoms with Crippen LogP contribution in [-0.2, 0) is 17.1 Å². The number of nitro benzene ring substituents is 1. The van der Waals surface area contributed by atoms with Crippen LogP contribution in [0.5, 0.6) is 0 Å². The molecular weight excluding hydrogens is 780 g/mol. The summed E-state index contributed by atoms with van der Waals surface area (Å²) >= 11 is 7.81. The SMILES string of the molecule is Cc1c(C=O)c(-c2cccc(N3CCN(c4ccc(NS(=O)(=O)c5ccc(NCCSc6ccccc6)c([N+](=O)[O-])c5)cc4)CC3)c2)c(-c2ccc(Cl)cc2)n1C. The van der Waals surface area contributed by atoms with Gasteiger partial charge < -0.3 is 19.7 Å². The molecule has 14 heteroatoms. The molecule has 292 valence electrons. The molecule has 0 saturated carbocycles. The fourth-order valence-corrected chi connectivity index (χ4v) is 9.09. The molecule has 7 rings (SSSR count). The lowest BCUT2D eigenvalue weighted by Crippen LogP contribution is -2.46. The Hall–Kier alpha value is -5.76. The number of aromatic nitrogens is 1. The Bertz CT molecular complexity index is 2500. The Balaban J connectivity index is 0.988. The molecule has 57 heavy (non-hydrogen) atoms. The predicted octanol–water partition coefficient (Wildman–Crippen LogP) is 9.37. The summed E-state index contributed by atoms with van der Waals surface area (Å²) in [6.07, 6.45) is 0.933. The van der Waals surface area contributed by atoms with Gasteiger partial charge in [-0.15, -0.1) is 11.8 Å². The zero-order valence-electron chi connectivity index (χ0n) is 31.4. The molecule has 0 amide bonds. The predicted molar refractivity (Wildman–Crippen MR) is 232 cm³/mol. The molecule has 0 atom stereocenters. The number of carbonyl (C=O) groups excluding carboxylic acids is 1. The average molecular weight is 821 g/mol. The van der Waals surface area contributed by atoms with Crippen molar-refractivity contribution in [1.82, 2.24) is 4.57 Å². The number of thioether (sulfide) groups is 1. The average Bonchev–Trinajstić information content (AvgIpc) is 3.48. The highest BCUT2D eigenvalue weighted by molar-refractivity contribution is 7.99. The first kappa shape index (κ1) is 39.5. The summed E-state index contributed by atoms with van der Waals surface area (Å²) in [7, 11) is -2.13. The Morgan fingerprint density at radius 3 is 2.18 bits per heavy atom. The number of sulfonamides is 1. The molecule has 5 aromatic carbocycles. The molecule has 0 unspecified atom stereocenters. The highest BCUT2D eigenvalue weighted by Crippen LogP contribution is 2.40. The van der Waals surface area contributed by atoms with Gasteiger partial charge in [0.25, 0.3) is 15.7 Å². The molecule has 0 bridgehead atoms. The van der Waals surface area contributed by atoms with E-state index in [1.807, 2.05) is 92.8 Å². The summed E-state index contributed by atoms with van der Waals surface area (Å²) in [6.45, 7) is 5.41. The van der Waals surface area contributed by atoms with Crippen LogP contribution < -0.4 is 19.8 Å². The molecule has 6 aromatic rings. The van der Waals surface area contributed by atoms with E-state index in [4.69, 9.17) is 11.6 Å². The number of rotatable bonds is 14. The quantitative estimate of drug-likeness (QED) is 0.0363. The van der Waals surface area contributed by atoms with E-state index in [0.717, 1.165) is 82.9 Å². The van der Waals surface area contributed by atoms with Gasteiger partial charge in [-0.1, -0.05) is 54.1 Å². The van der Waals surface area contributed by atoms with Gasteiger partial charge in [0.05, 0.1) is 15.5 Å². The molecule has 1 saturated heterocycles. The van der Waals surface area contributed by atoms with Gasteiger partial charge >= 0.3 is 0 Å². The number of carbonyl (C=O) groups is 1. The zero-order chi connectivity index (χ0) is 40.1. The molecule has 0 spiro atoms. The maximum Gasteiger partial charge on any atom is 0.293 e. The van der Waals surface area contributed by atoms with Crippen LogP contribution in [0, 0.1) is 17.0 Å². The van der Waals surface area contributed by atoms with E-state index < -0.39 is 14.9 Å². The summed E-state index contributed by atoms with van der Waals surface area (Å²) in [5, 5.41) is 15.6. The molecule has 1 aromatic heterocycles. The second kappa shape index (κ2) is 17.2. The minimum Gasteiger partial charge on any atom is -0.379 e. The second-order valence-corrected chi connectivity index (χ2v) is 16.9. The normalized spacial score (nSPS) is 13.0. The number of nitrogens with zero attached hydrogens (tertiary/aromatic N) is 4. The van der Waals surface area contributed by atoms with Crippen molar-refractivity contribution in [1.29, 1.82) is 0 Å². The number of benzene rings is 5. The number of aldehydes is 1. The van der Waals surface area contributed by atoms with Crippen molar-refractivity contribution in [3.8, 4) is 22.4 Å². The van der Waals surface area contributed by atoms with Crippen LogP contribution in [0.3, 0.4) is 0 Å². The van der Waals surface area contributed by atoms with Crippen molar-refractivity contribution in [3.05, 3.63) is 148 Å². The first-order chi connectivity index (χ1) is 27.5. The van der Waals surface area contributed by atoms with Crippen LogP contribution in [0.25, 0.3) is 22.4 Å². The van der Waals surface area contributed by atoms with Gasteiger partial charge in [0.1, 0.15) is 5.69 Å². The van der Waals surface area contributed by atoms with Crippen LogP contribution in [0.2, 0.25) is 5.02 Å². The topological polar surface area (TPSA) is 130 Å². The van der Waals surface area contributed by atoms with Crippen LogP contribution in [0.15, 0.2) is 131 Å². The third-order valence-electron chi connectivity index (χ3n) is 10.1. The summed E-state index contributed by atoms with van der Waals surface area (Å²) in [5.41, 5.74) is 7.62. The van der Waals surface area contributed by atoms with Gasteiger partial charge in [-0.3, -0.25) is 19.6 Å². The fraction of sp³-hybridized carbons (Fsp3) is 0.186. The van der Waals surface area contributed by atoms with Gasteiger partial charge in [-0.25, -0.2) is 8.42 Å². The highest BCUT2D eigenvalue weighted by Gasteiger charge is 2.24. The zero-order valence-corrected chi connectivity index (χ0v) is 33.8. The molecule has 1 aliphatic heterocycles. The Labute approximate surface area is 341 Å². The third kappa shape index (κ3) is 8.80. The number of anilines is 4. The van der Waals surface area contributed by atoms with Crippen LogP contribution in [0.4, 0.5) is 28.4 Å². The van der Waals surface area contributed by atoms with Crippen molar-refractivity contribution in [2.45, 2.75) is 16.7 Å². The van der Waals surface area contributed by atoms with E-state index in [2.05, 4.69) is 36.5 Å². The molecule has 2 N–H and O–H groups in total. The van der Waals surface area contributed by atoms with Crippen LogP contribution >= 0.6 is 23.4 Å². The molecular formula is C43H41ClN6O5S2. The Morgan fingerprint density at radius 1 is 0.825 bits per heavy atom.